The highest BCUT2D eigenvalue weighted by Crippen LogP contribution is 2.40. The third-order valence-corrected chi connectivity index (χ3v) is 5.68. The number of likely N-dealkylation sites (tertiary alicyclic amines) is 1. The van der Waals surface area contributed by atoms with Crippen LogP contribution in [0.4, 0.5) is 11.5 Å². The molecule has 1 aromatic heterocycles. The van der Waals surface area contributed by atoms with Crippen LogP contribution >= 0.6 is 11.8 Å². The number of ether oxygens (including phenoxy) is 2. The summed E-state index contributed by atoms with van der Waals surface area (Å²) in [5.41, 5.74) is 1.61. The van der Waals surface area contributed by atoms with E-state index < -0.39 is 0 Å². The van der Waals surface area contributed by atoms with E-state index in [1.165, 1.54) is 0 Å². The van der Waals surface area contributed by atoms with E-state index >= 15 is 0 Å². The van der Waals surface area contributed by atoms with Gasteiger partial charge in [0.2, 0.25) is 0 Å². The molecule has 4 rings (SSSR count). The molecule has 0 unspecified atom stereocenters. The predicted molar refractivity (Wildman–Crippen MR) is 103 cm³/mol. The van der Waals surface area contributed by atoms with Crippen LogP contribution in [0.5, 0.6) is 11.5 Å². The average Bonchev–Trinajstić information content (AvgIpc) is 3.36. The van der Waals surface area contributed by atoms with Crippen molar-refractivity contribution in [1.29, 1.82) is 0 Å². The zero-order valence-corrected chi connectivity index (χ0v) is 15.9. The summed E-state index contributed by atoms with van der Waals surface area (Å²) in [5.74, 6) is 2.46. The van der Waals surface area contributed by atoms with Crippen LogP contribution in [0.1, 0.15) is 23.3 Å². The van der Waals surface area contributed by atoms with Gasteiger partial charge in [0.1, 0.15) is 18.1 Å². The van der Waals surface area contributed by atoms with Crippen molar-refractivity contribution in [3.63, 3.8) is 0 Å². The van der Waals surface area contributed by atoms with Crippen LogP contribution in [-0.4, -0.2) is 55.4 Å². The molecule has 1 N–H and O–H groups in total. The maximum atomic E-state index is 12.7. The summed E-state index contributed by atoms with van der Waals surface area (Å²) in [4.78, 5) is 21.1. The van der Waals surface area contributed by atoms with E-state index in [9.17, 15) is 4.79 Å². The van der Waals surface area contributed by atoms with Crippen LogP contribution in [0.3, 0.4) is 0 Å². The molecule has 1 aromatic carbocycles. The van der Waals surface area contributed by atoms with Gasteiger partial charge in [0.25, 0.3) is 5.91 Å². The van der Waals surface area contributed by atoms with E-state index in [1.807, 2.05) is 23.3 Å². The molecule has 0 aliphatic carbocycles. The molecule has 0 spiro atoms. The molecule has 0 saturated carbocycles. The first-order chi connectivity index (χ1) is 12.7. The zero-order valence-electron chi connectivity index (χ0n) is 15.1. The molecule has 0 radical (unpaired) electrons. The maximum absolute atomic E-state index is 12.7. The lowest BCUT2D eigenvalue weighted by molar-refractivity contribution is 0.0787. The molecule has 7 heteroatoms. The Morgan fingerprint density at radius 2 is 2.04 bits per heavy atom. The second-order valence-corrected chi connectivity index (χ2v) is 7.28. The highest BCUT2D eigenvalue weighted by molar-refractivity contribution is 7.98. The second kappa shape index (κ2) is 7.15. The van der Waals surface area contributed by atoms with E-state index in [0.29, 0.717) is 18.8 Å². The lowest BCUT2D eigenvalue weighted by atomic mass is 10.2. The Morgan fingerprint density at radius 1 is 1.23 bits per heavy atom. The molecular formula is C19H23N3O3S. The molecule has 3 heterocycles. The molecule has 2 aliphatic heterocycles. The molecule has 138 valence electrons. The molecule has 26 heavy (non-hydrogen) atoms. The lowest BCUT2D eigenvalue weighted by Crippen LogP contribution is -2.29. The van der Waals surface area contributed by atoms with Crippen molar-refractivity contribution < 1.29 is 14.3 Å². The number of aromatic amines is 1. The van der Waals surface area contributed by atoms with E-state index in [4.69, 9.17) is 9.47 Å². The first-order valence-corrected chi connectivity index (χ1v) is 10.1. The van der Waals surface area contributed by atoms with Gasteiger partial charge in [-0.05, 0) is 31.2 Å². The number of methoxy groups -OCH3 is 1. The minimum absolute atomic E-state index is 0.0516. The number of nitrogens with one attached hydrogen (secondary N) is 1. The van der Waals surface area contributed by atoms with Crippen molar-refractivity contribution in [2.75, 3.05) is 44.5 Å². The number of carbonyl (C=O) groups is 1. The molecule has 1 fully saturated rings. The van der Waals surface area contributed by atoms with Crippen molar-refractivity contribution in [2.24, 2.45) is 0 Å². The normalized spacial score (nSPS) is 16.4. The van der Waals surface area contributed by atoms with Gasteiger partial charge in [0.15, 0.2) is 11.6 Å². The third-order valence-electron chi connectivity index (χ3n) is 4.91. The number of thioether (sulfide) groups is 1. The summed E-state index contributed by atoms with van der Waals surface area (Å²) >= 11 is 1.66. The summed E-state index contributed by atoms with van der Waals surface area (Å²) in [6, 6.07) is 8.00. The van der Waals surface area contributed by atoms with Crippen molar-refractivity contribution >= 4 is 29.2 Å². The summed E-state index contributed by atoms with van der Waals surface area (Å²) in [6.07, 6.45) is 4.19. The van der Waals surface area contributed by atoms with E-state index in [0.717, 1.165) is 53.8 Å². The molecule has 1 amide bonds. The number of aromatic nitrogens is 1. The Morgan fingerprint density at radius 3 is 2.77 bits per heavy atom. The Bertz CT molecular complexity index is 814. The average molecular weight is 373 g/mol. The fourth-order valence-corrected chi connectivity index (χ4v) is 4.10. The number of fused-ring (bicyclic) bond motifs is 1. The van der Waals surface area contributed by atoms with Crippen LogP contribution in [0.15, 0.2) is 29.2 Å². The van der Waals surface area contributed by atoms with Crippen LogP contribution in [0, 0.1) is 0 Å². The maximum Gasteiger partial charge on any atom is 0.270 e. The SMILES string of the molecule is COc1cc(N2CCOc3cc(C(=O)N4CCCC4)[nH]c32)ccc1SC. The topological polar surface area (TPSA) is 57.8 Å². The smallest absolute Gasteiger partial charge is 0.270 e. The van der Waals surface area contributed by atoms with Gasteiger partial charge in [-0.3, -0.25) is 4.79 Å². The Labute approximate surface area is 157 Å². The molecular weight excluding hydrogens is 350 g/mol. The van der Waals surface area contributed by atoms with Gasteiger partial charge in [-0.25, -0.2) is 0 Å². The van der Waals surface area contributed by atoms with Gasteiger partial charge in [0, 0.05) is 35.8 Å². The fraction of sp³-hybridized carbons (Fsp3) is 0.421. The van der Waals surface area contributed by atoms with Crippen molar-refractivity contribution in [3.05, 3.63) is 30.0 Å². The fourth-order valence-electron chi connectivity index (χ4n) is 3.55. The van der Waals surface area contributed by atoms with Gasteiger partial charge < -0.3 is 24.3 Å². The number of anilines is 2. The van der Waals surface area contributed by atoms with E-state index in [1.54, 1.807) is 18.9 Å². The first-order valence-electron chi connectivity index (χ1n) is 8.86. The molecule has 2 aliphatic rings. The number of amides is 1. The van der Waals surface area contributed by atoms with Crippen LogP contribution < -0.4 is 14.4 Å². The van der Waals surface area contributed by atoms with Gasteiger partial charge in [-0.1, -0.05) is 0 Å². The highest BCUT2D eigenvalue weighted by Gasteiger charge is 2.27. The van der Waals surface area contributed by atoms with Crippen LogP contribution in [0.25, 0.3) is 0 Å². The van der Waals surface area contributed by atoms with E-state index in [-0.39, 0.29) is 5.91 Å². The van der Waals surface area contributed by atoms with Gasteiger partial charge >= 0.3 is 0 Å². The molecule has 6 nitrogen and oxygen atoms in total. The Balaban J connectivity index is 1.66. The second-order valence-electron chi connectivity index (χ2n) is 6.43. The Hall–Kier alpha value is -2.28. The molecule has 1 saturated heterocycles. The molecule has 0 bridgehead atoms. The zero-order chi connectivity index (χ0) is 18.1. The van der Waals surface area contributed by atoms with Gasteiger partial charge in [-0.2, -0.15) is 0 Å². The summed E-state index contributed by atoms with van der Waals surface area (Å²) in [7, 11) is 1.69. The number of rotatable bonds is 4. The standard InChI is InChI=1S/C19H23N3O3S/c1-24-15-11-13(5-6-17(15)26-2)22-9-10-25-16-12-14(20-18(16)22)19(23)21-7-3-4-8-21/h5-6,11-12,20H,3-4,7-10H2,1-2H3. The number of hydrogen-bond donors (Lipinski definition) is 1. The number of carbonyl (C=O) groups excluding carboxylic acids is 1. The van der Waals surface area contributed by atoms with Crippen molar-refractivity contribution in [1.82, 2.24) is 9.88 Å². The van der Waals surface area contributed by atoms with Crippen LogP contribution in [-0.2, 0) is 0 Å². The summed E-state index contributed by atoms with van der Waals surface area (Å²) in [5, 5.41) is 0. The molecule has 2 aromatic rings. The van der Waals surface area contributed by atoms with Crippen molar-refractivity contribution in [2.45, 2.75) is 17.7 Å². The Kier molecular flexibility index (Phi) is 4.72. The predicted octanol–water partition coefficient (Wildman–Crippen LogP) is 3.51. The van der Waals surface area contributed by atoms with Gasteiger partial charge in [0.05, 0.1) is 13.7 Å². The molecule has 0 atom stereocenters. The monoisotopic (exact) mass is 373 g/mol. The van der Waals surface area contributed by atoms with E-state index in [2.05, 4.69) is 22.0 Å². The summed E-state index contributed by atoms with van der Waals surface area (Å²) in [6.45, 7) is 2.96. The van der Waals surface area contributed by atoms with Gasteiger partial charge in [-0.15, -0.1) is 11.8 Å². The number of hydrogen-bond acceptors (Lipinski definition) is 5. The number of H-pyrrole nitrogens is 1. The van der Waals surface area contributed by atoms with Crippen molar-refractivity contribution in [3.8, 4) is 11.5 Å². The first kappa shape index (κ1) is 17.1. The minimum Gasteiger partial charge on any atom is -0.496 e. The third kappa shape index (κ3) is 3.00. The summed E-state index contributed by atoms with van der Waals surface area (Å²) < 4.78 is 11.3. The minimum atomic E-state index is 0.0516. The number of benzene rings is 1. The highest BCUT2D eigenvalue weighted by atomic mass is 32.2. The number of nitrogens with zero attached hydrogens (tertiary/aromatic N) is 2. The van der Waals surface area contributed by atoms with Crippen LogP contribution in [0.2, 0.25) is 0 Å². The quantitative estimate of drug-likeness (QED) is 0.831. The largest absolute Gasteiger partial charge is 0.496 e. The lowest BCUT2D eigenvalue weighted by Gasteiger charge is -2.29.